The molecule has 0 spiro atoms. The maximum absolute atomic E-state index is 9.50. The Labute approximate surface area is 96.7 Å². The van der Waals surface area contributed by atoms with Gasteiger partial charge in [0, 0.05) is 5.54 Å². The molecule has 2 N–H and O–H groups in total. The second kappa shape index (κ2) is 3.77. The molecule has 3 rings (SSSR count). The summed E-state index contributed by atoms with van der Waals surface area (Å²) in [5, 5.41) is 13.2. The van der Waals surface area contributed by atoms with Crippen LogP contribution in [0.1, 0.15) is 31.2 Å². The summed E-state index contributed by atoms with van der Waals surface area (Å²) in [4.78, 5) is 0. The van der Waals surface area contributed by atoms with Crippen molar-refractivity contribution in [3.8, 4) is 5.75 Å². The summed E-state index contributed by atoms with van der Waals surface area (Å²) < 4.78 is 0. The van der Waals surface area contributed by atoms with Crippen molar-refractivity contribution in [2.24, 2.45) is 5.92 Å². The summed E-state index contributed by atoms with van der Waals surface area (Å²) in [6, 6.07) is 7.73. The minimum atomic E-state index is 0.341. The van der Waals surface area contributed by atoms with Gasteiger partial charge in [-0.25, -0.2) is 0 Å². The van der Waals surface area contributed by atoms with Gasteiger partial charge < -0.3 is 10.4 Å². The first-order valence-electron chi connectivity index (χ1n) is 6.31. The van der Waals surface area contributed by atoms with Gasteiger partial charge in [0.05, 0.1) is 0 Å². The Balaban J connectivity index is 1.81. The first kappa shape index (κ1) is 10.2. The minimum absolute atomic E-state index is 0.341. The molecule has 1 aromatic rings. The van der Waals surface area contributed by atoms with Crippen molar-refractivity contribution in [2.75, 3.05) is 6.54 Å². The second-order valence-electron chi connectivity index (χ2n) is 5.31. The third-order valence-electron chi connectivity index (χ3n) is 4.07. The Bertz CT molecular complexity index is 378. The van der Waals surface area contributed by atoms with Crippen molar-refractivity contribution in [3.05, 3.63) is 29.8 Å². The Morgan fingerprint density at radius 1 is 1.38 bits per heavy atom. The third kappa shape index (κ3) is 1.82. The normalized spacial score (nSPS) is 29.5. The lowest BCUT2D eigenvalue weighted by Gasteiger charge is -2.30. The smallest absolute Gasteiger partial charge is 0.115 e. The van der Waals surface area contributed by atoms with Gasteiger partial charge in [0.25, 0.3) is 0 Å². The highest BCUT2D eigenvalue weighted by atomic mass is 16.3. The molecule has 1 saturated heterocycles. The van der Waals surface area contributed by atoms with Gasteiger partial charge in [0.1, 0.15) is 5.75 Å². The highest BCUT2D eigenvalue weighted by Gasteiger charge is 2.46. The predicted molar refractivity (Wildman–Crippen MR) is 64.5 cm³/mol. The second-order valence-corrected chi connectivity index (χ2v) is 5.31. The molecule has 2 aliphatic rings. The van der Waals surface area contributed by atoms with Crippen LogP contribution >= 0.6 is 0 Å². The van der Waals surface area contributed by atoms with Crippen molar-refractivity contribution in [1.29, 1.82) is 0 Å². The summed E-state index contributed by atoms with van der Waals surface area (Å²) >= 11 is 0. The first-order chi connectivity index (χ1) is 7.78. The van der Waals surface area contributed by atoms with Crippen LogP contribution < -0.4 is 5.32 Å². The number of benzene rings is 1. The number of nitrogens with one attached hydrogen (secondary N) is 1. The van der Waals surface area contributed by atoms with Crippen molar-refractivity contribution in [3.63, 3.8) is 0 Å². The largest absolute Gasteiger partial charge is 0.508 e. The van der Waals surface area contributed by atoms with Gasteiger partial charge in [0.15, 0.2) is 0 Å². The highest BCUT2D eigenvalue weighted by molar-refractivity contribution is 5.29. The Morgan fingerprint density at radius 2 is 2.25 bits per heavy atom. The van der Waals surface area contributed by atoms with E-state index in [1.807, 2.05) is 12.1 Å². The van der Waals surface area contributed by atoms with E-state index in [0.717, 1.165) is 18.9 Å². The molecular formula is C14H19NO. The number of hydrogen-bond donors (Lipinski definition) is 2. The number of phenols is 1. The lowest BCUT2D eigenvalue weighted by atomic mass is 9.84. The summed E-state index contributed by atoms with van der Waals surface area (Å²) in [5.74, 6) is 1.26. The van der Waals surface area contributed by atoms with E-state index < -0.39 is 0 Å². The summed E-state index contributed by atoms with van der Waals surface area (Å²) in [6.45, 7) is 1.16. The summed E-state index contributed by atoms with van der Waals surface area (Å²) in [6.07, 6.45) is 6.44. The van der Waals surface area contributed by atoms with E-state index in [1.54, 1.807) is 6.07 Å². The zero-order valence-corrected chi connectivity index (χ0v) is 9.58. The molecule has 1 atom stereocenters. The standard InChI is InChI=1S/C14H19NO/c16-13-4-1-3-11(9-13)10-14(12-5-6-12)7-2-8-15-14/h1,3-4,9,12,15-16H,2,5-8,10H2. The molecule has 86 valence electrons. The molecule has 1 heterocycles. The number of rotatable bonds is 3. The Kier molecular flexibility index (Phi) is 2.40. The van der Waals surface area contributed by atoms with E-state index in [2.05, 4.69) is 11.4 Å². The van der Waals surface area contributed by atoms with Crippen LogP contribution in [0.25, 0.3) is 0 Å². The van der Waals surface area contributed by atoms with Crippen molar-refractivity contribution in [1.82, 2.24) is 5.32 Å². The molecule has 0 aromatic heterocycles. The monoisotopic (exact) mass is 217 g/mol. The van der Waals surface area contributed by atoms with E-state index in [1.165, 1.54) is 31.2 Å². The Hall–Kier alpha value is -1.02. The lowest BCUT2D eigenvalue weighted by molar-refractivity contribution is 0.323. The molecule has 1 aliphatic carbocycles. The number of aromatic hydroxyl groups is 1. The van der Waals surface area contributed by atoms with E-state index in [-0.39, 0.29) is 0 Å². The van der Waals surface area contributed by atoms with Gasteiger partial charge in [-0.3, -0.25) is 0 Å². The molecule has 0 radical (unpaired) electrons. The molecule has 16 heavy (non-hydrogen) atoms. The van der Waals surface area contributed by atoms with Crippen molar-refractivity contribution < 1.29 is 5.11 Å². The van der Waals surface area contributed by atoms with Crippen LogP contribution in [0.4, 0.5) is 0 Å². The fraction of sp³-hybridized carbons (Fsp3) is 0.571. The molecular weight excluding hydrogens is 198 g/mol. The minimum Gasteiger partial charge on any atom is -0.508 e. The summed E-state index contributed by atoms with van der Waals surface area (Å²) in [7, 11) is 0. The topological polar surface area (TPSA) is 32.3 Å². The highest BCUT2D eigenvalue weighted by Crippen LogP contribution is 2.45. The van der Waals surface area contributed by atoms with E-state index >= 15 is 0 Å². The quantitative estimate of drug-likeness (QED) is 0.815. The van der Waals surface area contributed by atoms with Gasteiger partial charge in [-0.1, -0.05) is 12.1 Å². The molecule has 2 fully saturated rings. The van der Waals surface area contributed by atoms with Gasteiger partial charge in [-0.05, 0) is 62.3 Å². The SMILES string of the molecule is Oc1cccc(CC2(C3CC3)CCCN2)c1. The van der Waals surface area contributed by atoms with E-state index in [4.69, 9.17) is 0 Å². The molecule has 2 heteroatoms. The van der Waals surface area contributed by atoms with Gasteiger partial charge in [-0.2, -0.15) is 0 Å². The fourth-order valence-electron chi connectivity index (χ4n) is 3.14. The average molecular weight is 217 g/mol. The fourth-order valence-corrected chi connectivity index (χ4v) is 3.14. The maximum Gasteiger partial charge on any atom is 0.115 e. The van der Waals surface area contributed by atoms with Crippen molar-refractivity contribution in [2.45, 2.75) is 37.6 Å². The molecule has 0 amide bonds. The van der Waals surface area contributed by atoms with Crippen LogP contribution in [-0.2, 0) is 6.42 Å². The van der Waals surface area contributed by atoms with Crippen molar-refractivity contribution >= 4 is 0 Å². The lowest BCUT2D eigenvalue weighted by Crippen LogP contribution is -2.44. The average Bonchev–Trinajstić information content (AvgIpc) is 3.02. The Morgan fingerprint density at radius 3 is 2.88 bits per heavy atom. The number of hydrogen-bond acceptors (Lipinski definition) is 2. The van der Waals surface area contributed by atoms with Crippen LogP contribution in [0.2, 0.25) is 0 Å². The molecule has 1 aliphatic heterocycles. The zero-order valence-electron chi connectivity index (χ0n) is 9.58. The van der Waals surface area contributed by atoms with Gasteiger partial charge in [-0.15, -0.1) is 0 Å². The van der Waals surface area contributed by atoms with Crippen LogP contribution in [0.5, 0.6) is 5.75 Å². The van der Waals surface area contributed by atoms with Crippen LogP contribution in [0.3, 0.4) is 0 Å². The van der Waals surface area contributed by atoms with Gasteiger partial charge in [0.2, 0.25) is 0 Å². The predicted octanol–water partition coefficient (Wildman–Crippen LogP) is 2.47. The number of phenolic OH excluding ortho intramolecular Hbond substituents is 1. The van der Waals surface area contributed by atoms with Gasteiger partial charge >= 0.3 is 0 Å². The summed E-state index contributed by atoms with van der Waals surface area (Å²) in [5.41, 5.74) is 1.61. The maximum atomic E-state index is 9.50. The van der Waals surface area contributed by atoms with E-state index in [0.29, 0.717) is 11.3 Å². The third-order valence-corrected chi connectivity index (χ3v) is 4.07. The molecule has 0 bridgehead atoms. The molecule has 1 unspecified atom stereocenters. The van der Waals surface area contributed by atoms with Crippen LogP contribution in [-0.4, -0.2) is 17.2 Å². The zero-order chi connectivity index (χ0) is 11.0. The molecule has 1 saturated carbocycles. The van der Waals surface area contributed by atoms with Crippen LogP contribution in [0.15, 0.2) is 24.3 Å². The molecule has 1 aromatic carbocycles. The van der Waals surface area contributed by atoms with Crippen LogP contribution in [0, 0.1) is 5.92 Å². The first-order valence-corrected chi connectivity index (χ1v) is 6.31. The van der Waals surface area contributed by atoms with E-state index in [9.17, 15) is 5.11 Å². The molecule has 2 nitrogen and oxygen atoms in total.